The van der Waals surface area contributed by atoms with Gasteiger partial charge in [-0.05, 0) is 18.9 Å². The van der Waals surface area contributed by atoms with Gasteiger partial charge in [0.2, 0.25) is 0 Å². The maximum Gasteiger partial charge on any atom is 0.253 e. The number of hydrogen-bond donors (Lipinski definition) is 3. The minimum absolute atomic E-state index is 0.0309. The molecule has 15 heavy (non-hydrogen) atoms. The van der Waals surface area contributed by atoms with Gasteiger partial charge < -0.3 is 15.4 Å². The zero-order valence-corrected chi connectivity index (χ0v) is 8.62. The summed E-state index contributed by atoms with van der Waals surface area (Å²) < 4.78 is 0. The van der Waals surface area contributed by atoms with E-state index in [-0.39, 0.29) is 18.1 Å². The highest BCUT2D eigenvalue weighted by Gasteiger charge is 2.34. The molecular formula is C11H16N2O2. The van der Waals surface area contributed by atoms with E-state index in [1.165, 1.54) is 0 Å². The van der Waals surface area contributed by atoms with Gasteiger partial charge in [0.1, 0.15) is 0 Å². The first-order valence-corrected chi connectivity index (χ1v) is 5.32. The third-order valence-electron chi connectivity index (χ3n) is 3.10. The highest BCUT2D eigenvalue weighted by atomic mass is 16.3. The summed E-state index contributed by atoms with van der Waals surface area (Å²) in [7, 11) is 0. The molecule has 4 nitrogen and oxygen atoms in total. The van der Waals surface area contributed by atoms with E-state index in [9.17, 15) is 9.90 Å². The summed E-state index contributed by atoms with van der Waals surface area (Å²) in [5, 5.41) is 12.3. The Labute approximate surface area is 88.7 Å². The monoisotopic (exact) mass is 208 g/mol. The van der Waals surface area contributed by atoms with Crippen LogP contribution in [-0.2, 0) is 0 Å². The number of amides is 1. The number of aromatic amines is 1. The first-order valence-electron chi connectivity index (χ1n) is 5.32. The second-order valence-electron chi connectivity index (χ2n) is 4.20. The summed E-state index contributed by atoms with van der Waals surface area (Å²) in [4.78, 5) is 14.6. The molecule has 0 aliphatic heterocycles. The fourth-order valence-electron chi connectivity index (χ4n) is 2.15. The van der Waals surface area contributed by atoms with Crippen molar-refractivity contribution in [2.75, 3.05) is 6.61 Å². The van der Waals surface area contributed by atoms with Crippen LogP contribution < -0.4 is 5.32 Å². The number of rotatable bonds is 3. The lowest BCUT2D eigenvalue weighted by Gasteiger charge is -2.27. The van der Waals surface area contributed by atoms with E-state index in [4.69, 9.17) is 0 Å². The molecule has 1 heterocycles. The predicted octanol–water partition coefficient (Wildman–Crippen LogP) is 1.05. The lowest BCUT2D eigenvalue weighted by atomic mass is 9.98. The van der Waals surface area contributed by atoms with Gasteiger partial charge in [-0.2, -0.15) is 0 Å². The van der Waals surface area contributed by atoms with Crippen LogP contribution in [0.5, 0.6) is 0 Å². The van der Waals surface area contributed by atoms with Gasteiger partial charge in [-0.1, -0.05) is 12.8 Å². The minimum atomic E-state index is -0.381. The standard InChI is InChI=1S/C11H16N2O2/c14-8-11(4-1-2-5-11)13-10(15)9-3-6-12-7-9/h3,6-7,12,14H,1-2,4-5,8H2,(H,13,15). The first-order chi connectivity index (χ1) is 7.26. The Kier molecular flexibility index (Phi) is 2.77. The first kappa shape index (κ1) is 10.2. The van der Waals surface area contributed by atoms with E-state index in [0.717, 1.165) is 25.7 Å². The van der Waals surface area contributed by atoms with Crippen LogP contribution in [0.15, 0.2) is 18.5 Å². The van der Waals surface area contributed by atoms with Crippen LogP contribution in [0.4, 0.5) is 0 Å². The second-order valence-corrected chi connectivity index (χ2v) is 4.20. The molecule has 1 fully saturated rings. The number of hydrogen-bond acceptors (Lipinski definition) is 2. The summed E-state index contributed by atoms with van der Waals surface area (Å²) in [5.41, 5.74) is 0.240. The van der Waals surface area contributed by atoms with E-state index in [0.29, 0.717) is 5.56 Å². The Morgan fingerprint density at radius 1 is 1.53 bits per heavy atom. The molecule has 1 aliphatic rings. The van der Waals surface area contributed by atoms with E-state index in [1.807, 2.05) is 0 Å². The molecule has 1 amide bonds. The number of carbonyl (C=O) groups excluding carboxylic acids is 1. The van der Waals surface area contributed by atoms with Crippen molar-refractivity contribution >= 4 is 5.91 Å². The van der Waals surface area contributed by atoms with Crippen molar-refractivity contribution in [2.24, 2.45) is 0 Å². The lowest BCUT2D eigenvalue weighted by Crippen LogP contribution is -2.49. The smallest absolute Gasteiger partial charge is 0.253 e. The highest BCUT2D eigenvalue weighted by molar-refractivity contribution is 5.94. The third kappa shape index (κ3) is 2.04. The molecule has 1 saturated carbocycles. The summed E-state index contributed by atoms with van der Waals surface area (Å²) in [5.74, 6) is -0.104. The molecule has 0 saturated heterocycles. The average Bonchev–Trinajstić information content (AvgIpc) is 2.88. The van der Waals surface area contributed by atoms with Crippen molar-refractivity contribution in [2.45, 2.75) is 31.2 Å². The van der Waals surface area contributed by atoms with Gasteiger partial charge in [0.05, 0.1) is 17.7 Å². The summed E-state index contributed by atoms with van der Waals surface area (Å²) in [6, 6.07) is 1.73. The molecule has 3 N–H and O–H groups in total. The van der Waals surface area contributed by atoms with Gasteiger partial charge in [-0.25, -0.2) is 0 Å². The Hall–Kier alpha value is -1.29. The molecule has 0 bridgehead atoms. The topological polar surface area (TPSA) is 65.1 Å². The summed E-state index contributed by atoms with van der Waals surface area (Å²) in [6.07, 6.45) is 7.28. The average molecular weight is 208 g/mol. The third-order valence-corrected chi connectivity index (χ3v) is 3.10. The van der Waals surface area contributed by atoms with Gasteiger partial charge >= 0.3 is 0 Å². The van der Waals surface area contributed by atoms with Crippen LogP contribution in [-0.4, -0.2) is 28.1 Å². The Morgan fingerprint density at radius 2 is 2.27 bits per heavy atom. The number of aliphatic hydroxyl groups is 1. The van der Waals surface area contributed by atoms with Crippen molar-refractivity contribution in [1.29, 1.82) is 0 Å². The minimum Gasteiger partial charge on any atom is -0.394 e. The van der Waals surface area contributed by atoms with E-state index in [1.54, 1.807) is 18.5 Å². The molecule has 1 aliphatic carbocycles. The van der Waals surface area contributed by atoms with Gasteiger partial charge in [0, 0.05) is 12.4 Å². The Bertz CT molecular complexity index is 326. The number of aliphatic hydroxyl groups excluding tert-OH is 1. The van der Waals surface area contributed by atoms with Crippen molar-refractivity contribution in [3.05, 3.63) is 24.0 Å². The van der Waals surface area contributed by atoms with Crippen LogP contribution in [0.3, 0.4) is 0 Å². The van der Waals surface area contributed by atoms with Crippen LogP contribution in [0.1, 0.15) is 36.0 Å². The van der Waals surface area contributed by atoms with Crippen molar-refractivity contribution in [3.8, 4) is 0 Å². The predicted molar refractivity (Wildman–Crippen MR) is 56.5 cm³/mol. The lowest BCUT2D eigenvalue weighted by molar-refractivity contribution is 0.0838. The number of aromatic nitrogens is 1. The van der Waals surface area contributed by atoms with Gasteiger partial charge in [-0.15, -0.1) is 0 Å². The maximum atomic E-state index is 11.8. The number of H-pyrrole nitrogens is 1. The molecule has 2 rings (SSSR count). The summed E-state index contributed by atoms with van der Waals surface area (Å²) in [6.45, 7) is 0.0309. The fraction of sp³-hybridized carbons (Fsp3) is 0.545. The Balaban J connectivity index is 2.04. The molecule has 0 radical (unpaired) electrons. The van der Waals surface area contributed by atoms with E-state index >= 15 is 0 Å². The van der Waals surface area contributed by atoms with Gasteiger partial charge in [0.25, 0.3) is 5.91 Å². The van der Waals surface area contributed by atoms with Crippen LogP contribution in [0, 0.1) is 0 Å². The second kappa shape index (κ2) is 4.06. The molecule has 0 aromatic carbocycles. The van der Waals surface area contributed by atoms with Gasteiger partial charge in [-0.3, -0.25) is 4.79 Å². The quantitative estimate of drug-likeness (QED) is 0.695. The fourth-order valence-corrected chi connectivity index (χ4v) is 2.15. The van der Waals surface area contributed by atoms with Crippen molar-refractivity contribution < 1.29 is 9.90 Å². The maximum absolute atomic E-state index is 11.8. The zero-order valence-electron chi connectivity index (χ0n) is 8.62. The molecule has 1 aromatic heterocycles. The Morgan fingerprint density at radius 3 is 2.80 bits per heavy atom. The van der Waals surface area contributed by atoms with E-state index in [2.05, 4.69) is 10.3 Å². The molecular weight excluding hydrogens is 192 g/mol. The highest BCUT2D eigenvalue weighted by Crippen LogP contribution is 2.29. The van der Waals surface area contributed by atoms with Crippen LogP contribution in [0.2, 0.25) is 0 Å². The van der Waals surface area contributed by atoms with Crippen LogP contribution in [0.25, 0.3) is 0 Å². The molecule has 82 valence electrons. The molecule has 1 aromatic rings. The SMILES string of the molecule is O=C(NC1(CO)CCCC1)c1cc[nH]c1. The molecule has 0 atom stereocenters. The number of carbonyl (C=O) groups is 1. The zero-order chi connectivity index (χ0) is 10.7. The van der Waals surface area contributed by atoms with Gasteiger partial charge in [0.15, 0.2) is 0 Å². The summed E-state index contributed by atoms with van der Waals surface area (Å²) >= 11 is 0. The van der Waals surface area contributed by atoms with Crippen molar-refractivity contribution in [1.82, 2.24) is 10.3 Å². The molecule has 0 spiro atoms. The molecule has 0 unspecified atom stereocenters. The molecule has 4 heteroatoms. The largest absolute Gasteiger partial charge is 0.394 e. The van der Waals surface area contributed by atoms with Crippen LogP contribution >= 0.6 is 0 Å². The normalized spacial score (nSPS) is 19.0. The van der Waals surface area contributed by atoms with E-state index < -0.39 is 0 Å². The number of nitrogens with one attached hydrogen (secondary N) is 2. The van der Waals surface area contributed by atoms with Crippen molar-refractivity contribution in [3.63, 3.8) is 0 Å².